The standard InChI is InChI=1S/C30H35N5O4S/c1-3-35-20-23-11-13-40(38,39)34(2)26-15-24(16-27(35)29(23)26)30(37)33-25(14-21-8-5-4-6-9-21)28(36)19-32-18-22-10-7-12-31-17-22/h4-10,12,15-17,20,25,28,32,36H,3,11,13-14,18-19H2,1-2H3,(H,33,37)/t25-,28+/m0/s1. The molecule has 0 radical (unpaired) electrons. The average molecular weight is 562 g/mol. The van der Waals surface area contributed by atoms with Crippen LogP contribution in [0.5, 0.6) is 0 Å². The molecule has 2 aromatic heterocycles. The second-order valence-corrected chi connectivity index (χ2v) is 12.3. The number of aryl methyl sites for hydroxylation is 2. The lowest BCUT2D eigenvalue weighted by molar-refractivity contribution is 0.0830. The lowest BCUT2D eigenvalue weighted by Crippen LogP contribution is -2.48. The maximum Gasteiger partial charge on any atom is 0.251 e. The van der Waals surface area contributed by atoms with Crippen molar-refractivity contribution in [3.05, 3.63) is 95.4 Å². The Bertz CT molecular complexity index is 1590. The Balaban J connectivity index is 1.42. The molecule has 0 fully saturated rings. The molecule has 2 aromatic carbocycles. The van der Waals surface area contributed by atoms with E-state index in [1.165, 1.54) is 4.31 Å². The van der Waals surface area contributed by atoms with E-state index in [2.05, 4.69) is 20.2 Å². The van der Waals surface area contributed by atoms with Crippen LogP contribution in [0, 0.1) is 0 Å². The van der Waals surface area contributed by atoms with Crippen molar-refractivity contribution in [2.75, 3.05) is 23.7 Å². The van der Waals surface area contributed by atoms with Gasteiger partial charge in [-0.1, -0.05) is 36.4 Å². The monoisotopic (exact) mass is 561 g/mol. The molecule has 3 heterocycles. The number of benzene rings is 2. The van der Waals surface area contributed by atoms with E-state index in [0.29, 0.717) is 37.2 Å². The van der Waals surface area contributed by atoms with Crippen LogP contribution in [-0.2, 0) is 36.0 Å². The van der Waals surface area contributed by atoms with E-state index in [1.807, 2.05) is 61.7 Å². The number of hydrogen-bond acceptors (Lipinski definition) is 6. The van der Waals surface area contributed by atoms with Crippen molar-refractivity contribution in [3.8, 4) is 0 Å². The smallest absolute Gasteiger partial charge is 0.251 e. The van der Waals surface area contributed by atoms with Crippen LogP contribution in [0.1, 0.15) is 34.0 Å². The first-order valence-electron chi connectivity index (χ1n) is 13.5. The summed E-state index contributed by atoms with van der Waals surface area (Å²) in [7, 11) is -1.97. The fraction of sp³-hybridized carbons (Fsp3) is 0.333. The SMILES string of the molecule is CCn1cc2c3c(cc(C(=O)N[C@@H](Cc4ccccc4)[C@H](O)CNCc4cccnc4)cc31)N(C)S(=O)(=O)CC2. The third-order valence-corrected chi connectivity index (χ3v) is 9.26. The number of aliphatic hydroxyl groups is 1. The molecule has 10 heteroatoms. The number of sulfonamides is 1. The first-order chi connectivity index (χ1) is 19.3. The van der Waals surface area contributed by atoms with E-state index >= 15 is 0 Å². The summed E-state index contributed by atoms with van der Waals surface area (Å²) in [5.41, 5.74) is 4.61. The minimum absolute atomic E-state index is 0.0138. The average Bonchev–Trinajstić information content (AvgIpc) is 3.29. The minimum Gasteiger partial charge on any atom is -0.390 e. The van der Waals surface area contributed by atoms with Gasteiger partial charge in [0.15, 0.2) is 0 Å². The maximum atomic E-state index is 13.7. The largest absolute Gasteiger partial charge is 0.390 e. The fourth-order valence-electron chi connectivity index (χ4n) is 5.26. The van der Waals surface area contributed by atoms with Crippen LogP contribution in [0.4, 0.5) is 5.69 Å². The van der Waals surface area contributed by atoms with Crippen LogP contribution >= 0.6 is 0 Å². The highest BCUT2D eigenvalue weighted by Crippen LogP contribution is 2.36. The number of carbonyl (C=O) groups is 1. The number of aliphatic hydroxyl groups excluding tert-OH is 1. The number of nitrogens with one attached hydrogen (secondary N) is 2. The molecular weight excluding hydrogens is 526 g/mol. The van der Waals surface area contributed by atoms with Crippen molar-refractivity contribution in [1.82, 2.24) is 20.2 Å². The number of rotatable bonds is 10. The Morgan fingerprint density at radius 1 is 1.12 bits per heavy atom. The Morgan fingerprint density at radius 2 is 1.90 bits per heavy atom. The summed E-state index contributed by atoms with van der Waals surface area (Å²) in [6, 6.07) is 16.4. The summed E-state index contributed by atoms with van der Waals surface area (Å²) in [6.07, 6.45) is 5.44. The topological polar surface area (TPSA) is 117 Å². The molecule has 4 aromatic rings. The van der Waals surface area contributed by atoms with Gasteiger partial charge in [0, 0.05) is 56.2 Å². The highest BCUT2D eigenvalue weighted by atomic mass is 32.2. The van der Waals surface area contributed by atoms with E-state index in [0.717, 1.165) is 27.6 Å². The molecule has 3 N–H and O–H groups in total. The molecule has 1 amide bonds. The molecular formula is C30H35N5O4S. The molecule has 9 nitrogen and oxygen atoms in total. The number of aromatic nitrogens is 2. The van der Waals surface area contributed by atoms with Crippen molar-refractivity contribution in [3.63, 3.8) is 0 Å². The van der Waals surface area contributed by atoms with Gasteiger partial charge < -0.3 is 20.3 Å². The molecule has 40 heavy (non-hydrogen) atoms. The van der Waals surface area contributed by atoms with E-state index in [-0.39, 0.29) is 18.2 Å². The molecule has 0 saturated carbocycles. The summed E-state index contributed by atoms with van der Waals surface area (Å²) in [5.74, 6) is -0.356. The quantitative estimate of drug-likeness (QED) is 0.274. The Morgan fingerprint density at radius 3 is 2.62 bits per heavy atom. The fourth-order valence-corrected chi connectivity index (χ4v) is 6.45. The molecule has 0 saturated heterocycles. The summed E-state index contributed by atoms with van der Waals surface area (Å²) in [6.45, 7) is 3.51. The van der Waals surface area contributed by atoms with Gasteiger partial charge in [-0.25, -0.2) is 8.42 Å². The molecule has 0 unspecified atom stereocenters. The maximum absolute atomic E-state index is 13.7. The third-order valence-electron chi connectivity index (χ3n) is 7.51. The molecule has 1 aliphatic heterocycles. The van der Waals surface area contributed by atoms with Crippen LogP contribution in [-0.4, -0.2) is 60.5 Å². The molecule has 0 bridgehead atoms. The Labute approximate surface area is 234 Å². The summed E-state index contributed by atoms with van der Waals surface area (Å²) in [4.78, 5) is 17.8. The zero-order valence-corrected chi connectivity index (χ0v) is 23.6. The molecule has 0 spiro atoms. The molecule has 210 valence electrons. The van der Waals surface area contributed by atoms with Crippen molar-refractivity contribution in [2.24, 2.45) is 0 Å². The van der Waals surface area contributed by atoms with Crippen molar-refractivity contribution < 1.29 is 18.3 Å². The van der Waals surface area contributed by atoms with Crippen LogP contribution in [0.2, 0.25) is 0 Å². The zero-order chi connectivity index (χ0) is 28.3. The normalized spacial score (nSPS) is 15.9. The highest BCUT2D eigenvalue weighted by Gasteiger charge is 2.29. The van der Waals surface area contributed by atoms with Gasteiger partial charge in [-0.2, -0.15) is 0 Å². The molecule has 1 aliphatic rings. The zero-order valence-electron chi connectivity index (χ0n) is 22.7. The van der Waals surface area contributed by atoms with E-state index in [4.69, 9.17) is 0 Å². The molecule has 5 rings (SSSR count). The van der Waals surface area contributed by atoms with Crippen molar-refractivity contribution >= 4 is 32.5 Å². The second kappa shape index (κ2) is 11.8. The van der Waals surface area contributed by atoms with Crippen molar-refractivity contribution in [1.29, 1.82) is 0 Å². The van der Waals surface area contributed by atoms with Gasteiger partial charge >= 0.3 is 0 Å². The van der Waals surface area contributed by atoms with E-state index in [1.54, 1.807) is 25.5 Å². The number of amides is 1. The number of hydrogen-bond donors (Lipinski definition) is 3. The number of pyridine rings is 1. The van der Waals surface area contributed by atoms with Gasteiger partial charge in [0.25, 0.3) is 5.91 Å². The Kier molecular flexibility index (Phi) is 8.20. The minimum atomic E-state index is -3.51. The number of nitrogens with zero attached hydrogens (tertiary/aromatic N) is 3. The van der Waals surface area contributed by atoms with Gasteiger partial charge in [0.1, 0.15) is 0 Å². The van der Waals surface area contributed by atoms with E-state index in [9.17, 15) is 18.3 Å². The number of anilines is 1. The highest BCUT2D eigenvalue weighted by molar-refractivity contribution is 7.92. The van der Waals surface area contributed by atoms with Crippen LogP contribution in [0.3, 0.4) is 0 Å². The lowest BCUT2D eigenvalue weighted by atomic mass is 10.00. The van der Waals surface area contributed by atoms with Gasteiger partial charge in [0.2, 0.25) is 10.0 Å². The lowest BCUT2D eigenvalue weighted by Gasteiger charge is -2.25. The van der Waals surface area contributed by atoms with Gasteiger partial charge in [-0.15, -0.1) is 0 Å². The predicted molar refractivity (Wildman–Crippen MR) is 157 cm³/mol. The second-order valence-electron chi connectivity index (χ2n) is 10.2. The Hall–Kier alpha value is -3.73. The van der Waals surface area contributed by atoms with Crippen LogP contribution in [0.15, 0.2) is 73.2 Å². The number of carbonyl (C=O) groups excluding carboxylic acids is 1. The first kappa shape index (κ1) is 27.8. The predicted octanol–water partition coefficient (Wildman–Crippen LogP) is 2.87. The van der Waals surface area contributed by atoms with E-state index < -0.39 is 22.2 Å². The third kappa shape index (κ3) is 5.89. The van der Waals surface area contributed by atoms with Crippen LogP contribution < -0.4 is 14.9 Å². The van der Waals surface area contributed by atoms with Gasteiger partial charge in [0.05, 0.1) is 29.1 Å². The summed E-state index contributed by atoms with van der Waals surface area (Å²) < 4.78 is 29.1. The van der Waals surface area contributed by atoms with Gasteiger partial charge in [-0.05, 0) is 54.7 Å². The first-order valence-corrected chi connectivity index (χ1v) is 15.1. The summed E-state index contributed by atoms with van der Waals surface area (Å²) >= 11 is 0. The van der Waals surface area contributed by atoms with Crippen LogP contribution in [0.25, 0.3) is 10.9 Å². The van der Waals surface area contributed by atoms with Crippen molar-refractivity contribution in [2.45, 2.75) is 45.0 Å². The molecule has 0 aliphatic carbocycles. The molecule has 2 atom stereocenters. The summed E-state index contributed by atoms with van der Waals surface area (Å²) in [5, 5.41) is 18.3. The van der Waals surface area contributed by atoms with Gasteiger partial charge in [-0.3, -0.25) is 14.1 Å².